The number of benzene rings is 3. The van der Waals surface area contributed by atoms with Gasteiger partial charge in [-0.15, -0.1) is 0 Å². The van der Waals surface area contributed by atoms with Crippen LogP contribution < -0.4 is 21.3 Å². The van der Waals surface area contributed by atoms with Crippen molar-refractivity contribution in [2.24, 2.45) is 5.73 Å². The third kappa shape index (κ3) is 5.75. The maximum atomic E-state index is 12.8. The first kappa shape index (κ1) is 21.7. The van der Waals surface area contributed by atoms with E-state index in [1.165, 1.54) is 12.1 Å². The van der Waals surface area contributed by atoms with Gasteiger partial charge < -0.3 is 10.5 Å². The van der Waals surface area contributed by atoms with Crippen LogP contribution in [-0.4, -0.2) is 11.8 Å². The van der Waals surface area contributed by atoms with Crippen LogP contribution >= 0.6 is 0 Å². The van der Waals surface area contributed by atoms with Crippen molar-refractivity contribution < 1.29 is 27.5 Å². The first-order chi connectivity index (χ1) is 14.7. The molecule has 0 radical (unpaired) electrons. The molecule has 0 atom stereocenters. The highest BCUT2D eigenvalue weighted by atomic mass is 19.4. The molecule has 6 nitrogen and oxygen atoms in total. The number of primary amides is 1. The van der Waals surface area contributed by atoms with Crippen molar-refractivity contribution in [2.75, 3.05) is 5.43 Å². The lowest BCUT2D eigenvalue weighted by Gasteiger charge is -2.12. The van der Waals surface area contributed by atoms with Crippen molar-refractivity contribution in [1.29, 1.82) is 0 Å². The normalized spacial score (nSPS) is 10.9. The van der Waals surface area contributed by atoms with Gasteiger partial charge in [0.05, 0.1) is 16.8 Å². The maximum absolute atomic E-state index is 12.8. The van der Waals surface area contributed by atoms with Crippen LogP contribution in [0.4, 0.5) is 18.9 Å². The van der Waals surface area contributed by atoms with Crippen LogP contribution in [0.15, 0.2) is 72.8 Å². The van der Waals surface area contributed by atoms with Gasteiger partial charge in [-0.3, -0.25) is 20.4 Å². The molecule has 0 aromatic heterocycles. The van der Waals surface area contributed by atoms with E-state index in [1.54, 1.807) is 48.5 Å². The molecule has 2 amide bonds. The lowest BCUT2D eigenvalue weighted by molar-refractivity contribution is -0.137. The van der Waals surface area contributed by atoms with Crippen LogP contribution in [0, 0.1) is 0 Å². The van der Waals surface area contributed by atoms with E-state index < -0.39 is 23.6 Å². The lowest BCUT2D eigenvalue weighted by atomic mass is 10.1. The van der Waals surface area contributed by atoms with E-state index in [1.807, 2.05) is 0 Å². The van der Waals surface area contributed by atoms with E-state index in [-0.39, 0.29) is 23.4 Å². The second kappa shape index (κ2) is 9.21. The number of nitrogens with two attached hydrogens (primary N) is 1. The molecule has 0 aliphatic carbocycles. The van der Waals surface area contributed by atoms with Crippen LogP contribution in [0.25, 0.3) is 0 Å². The first-order valence-corrected chi connectivity index (χ1v) is 9.08. The molecule has 0 saturated carbocycles. The summed E-state index contributed by atoms with van der Waals surface area (Å²) in [4.78, 5) is 23.8. The summed E-state index contributed by atoms with van der Waals surface area (Å²) in [6, 6.07) is 17.4. The van der Waals surface area contributed by atoms with Crippen molar-refractivity contribution >= 4 is 17.5 Å². The standard InChI is InChI=1S/C22H18F3N3O3/c23-22(24,25)16-7-4-8-17(12-16)27-28-21(30)15-6-3-5-14(11-15)13-31-19-10-2-1-9-18(19)20(26)29/h1-12,27H,13H2,(H2,26,29)(H,28,30). The van der Waals surface area contributed by atoms with Crippen LogP contribution in [0.1, 0.15) is 31.8 Å². The summed E-state index contributed by atoms with van der Waals surface area (Å²) < 4.78 is 44.0. The molecule has 0 saturated heterocycles. The largest absolute Gasteiger partial charge is 0.488 e. The summed E-state index contributed by atoms with van der Waals surface area (Å²) >= 11 is 0. The molecule has 3 aromatic carbocycles. The van der Waals surface area contributed by atoms with Crippen LogP contribution in [-0.2, 0) is 12.8 Å². The average molecular weight is 429 g/mol. The molecule has 0 unspecified atom stereocenters. The SMILES string of the molecule is NC(=O)c1ccccc1OCc1cccc(C(=O)NNc2cccc(C(F)(F)F)c2)c1. The first-order valence-electron chi connectivity index (χ1n) is 9.08. The highest BCUT2D eigenvalue weighted by Crippen LogP contribution is 2.30. The number of carbonyl (C=O) groups excluding carboxylic acids is 2. The molecular weight excluding hydrogens is 411 g/mol. The molecule has 0 aliphatic rings. The highest BCUT2D eigenvalue weighted by molar-refractivity contribution is 5.96. The Kier molecular flexibility index (Phi) is 6.44. The summed E-state index contributed by atoms with van der Waals surface area (Å²) in [6.07, 6.45) is -4.48. The minimum absolute atomic E-state index is 0.0759. The summed E-state index contributed by atoms with van der Waals surface area (Å²) in [5.41, 5.74) is 10.6. The Labute approximate surface area is 175 Å². The van der Waals surface area contributed by atoms with Gasteiger partial charge in [-0.25, -0.2) is 0 Å². The molecule has 31 heavy (non-hydrogen) atoms. The Balaban J connectivity index is 1.64. The van der Waals surface area contributed by atoms with Crippen LogP contribution in [0.5, 0.6) is 5.75 Å². The Hall–Kier alpha value is -4.01. The second-order valence-corrected chi connectivity index (χ2v) is 6.51. The number of hydrogen-bond donors (Lipinski definition) is 3. The minimum atomic E-state index is -4.48. The van der Waals surface area contributed by atoms with Gasteiger partial charge >= 0.3 is 6.18 Å². The zero-order valence-corrected chi connectivity index (χ0v) is 16.1. The fourth-order valence-electron chi connectivity index (χ4n) is 2.73. The van der Waals surface area contributed by atoms with Gasteiger partial charge in [-0.05, 0) is 48.0 Å². The minimum Gasteiger partial charge on any atom is -0.488 e. The summed E-state index contributed by atoms with van der Waals surface area (Å²) in [6.45, 7) is 0.0759. The van der Waals surface area contributed by atoms with Gasteiger partial charge in [0.25, 0.3) is 11.8 Å². The Morgan fingerprint density at radius 2 is 1.68 bits per heavy atom. The number of anilines is 1. The Morgan fingerprint density at radius 3 is 2.42 bits per heavy atom. The van der Waals surface area contributed by atoms with E-state index >= 15 is 0 Å². The number of hydrazine groups is 1. The topological polar surface area (TPSA) is 93.5 Å². The number of alkyl halides is 3. The predicted octanol–water partition coefficient (Wildman–Crippen LogP) is 4.14. The van der Waals surface area contributed by atoms with Gasteiger partial charge in [0.2, 0.25) is 0 Å². The summed E-state index contributed by atoms with van der Waals surface area (Å²) in [7, 11) is 0. The Bertz CT molecular complexity index is 1100. The van der Waals surface area contributed by atoms with Gasteiger partial charge in [0, 0.05) is 5.56 Å². The molecule has 0 heterocycles. The zero-order chi connectivity index (χ0) is 22.4. The summed E-state index contributed by atoms with van der Waals surface area (Å²) in [5, 5.41) is 0. The fourth-order valence-corrected chi connectivity index (χ4v) is 2.73. The van der Waals surface area contributed by atoms with E-state index in [2.05, 4.69) is 10.9 Å². The number of amides is 2. The molecule has 0 fully saturated rings. The second-order valence-electron chi connectivity index (χ2n) is 6.51. The molecule has 3 rings (SSSR count). The number of rotatable bonds is 7. The maximum Gasteiger partial charge on any atom is 0.416 e. The molecule has 0 aliphatic heterocycles. The van der Waals surface area contributed by atoms with Crippen molar-refractivity contribution in [3.63, 3.8) is 0 Å². The van der Waals surface area contributed by atoms with E-state index in [4.69, 9.17) is 10.5 Å². The third-order valence-corrected chi connectivity index (χ3v) is 4.25. The highest BCUT2D eigenvalue weighted by Gasteiger charge is 2.30. The van der Waals surface area contributed by atoms with E-state index in [9.17, 15) is 22.8 Å². The number of halogens is 3. The van der Waals surface area contributed by atoms with Gasteiger partial charge in [-0.2, -0.15) is 13.2 Å². The van der Waals surface area contributed by atoms with Crippen LogP contribution in [0.2, 0.25) is 0 Å². The number of ether oxygens (including phenoxy) is 1. The van der Waals surface area contributed by atoms with Gasteiger partial charge in [0.1, 0.15) is 12.4 Å². The zero-order valence-electron chi connectivity index (χ0n) is 16.1. The van der Waals surface area contributed by atoms with Gasteiger partial charge in [0.15, 0.2) is 0 Å². The smallest absolute Gasteiger partial charge is 0.416 e. The predicted molar refractivity (Wildman–Crippen MR) is 108 cm³/mol. The number of carbonyl (C=O) groups is 2. The number of para-hydroxylation sites is 1. The lowest BCUT2D eigenvalue weighted by Crippen LogP contribution is -2.29. The van der Waals surface area contributed by atoms with Crippen molar-refractivity contribution in [1.82, 2.24) is 5.43 Å². The fraction of sp³-hybridized carbons (Fsp3) is 0.0909. The molecule has 3 aromatic rings. The monoisotopic (exact) mass is 429 g/mol. The molecule has 160 valence electrons. The van der Waals surface area contributed by atoms with Crippen molar-refractivity contribution in [2.45, 2.75) is 12.8 Å². The quantitative estimate of drug-likeness (QED) is 0.492. The van der Waals surface area contributed by atoms with Crippen molar-refractivity contribution in [3.8, 4) is 5.75 Å². The number of hydrogen-bond acceptors (Lipinski definition) is 4. The van der Waals surface area contributed by atoms with E-state index in [0.717, 1.165) is 12.1 Å². The number of nitrogens with one attached hydrogen (secondary N) is 2. The molecule has 4 N–H and O–H groups in total. The molecule has 0 bridgehead atoms. The van der Waals surface area contributed by atoms with E-state index in [0.29, 0.717) is 11.3 Å². The Morgan fingerprint density at radius 1 is 0.935 bits per heavy atom. The average Bonchev–Trinajstić information content (AvgIpc) is 2.76. The molecular formula is C22H18F3N3O3. The molecule has 0 spiro atoms. The van der Waals surface area contributed by atoms with Crippen molar-refractivity contribution in [3.05, 3.63) is 95.1 Å². The summed E-state index contributed by atoms with van der Waals surface area (Å²) in [5.74, 6) is -0.850. The third-order valence-electron chi connectivity index (χ3n) is 4.25. The molecule has 9 heteroatoms. The van der Waals surface area contributed by atoms with Crippen LogP contribution in [0.3, 0.4) is 0 Å². The van der Waals surface area contributed by atoms with Gasteiger partial charge in [-0.1, -0.05) is 30.3 Å².